The fourth-order valence-corrected chi connectivity index (χ4v) is 1.73. The van der Waals surface area contributed by atoms with Crippen LogP contribution in [-0.4, -0.2) is 31.1 Å². The Labute approximate surface area is 119 Å². The average Bonchev–Trinajstić information content (AvgIpc) is 2.92. The largest absolute Gasteiger partial charge is 0.454 e. The molecule has 0 amide bonds. The van der Waals surface area contributed by atoms with E-state index in [0.717, 1.165) is 6.42 Å². The summed E-state index contributed by atoms with van der Waals surface area (Å²) in [5, 5.41) is 21.9. The third-order valence-electron chi connectivity index (χ3n) is 2.69. The van der Waals surface area contributed by atoms with Crippen LogP contribution < -0.4 is 0 Å². The fourth-order valence-electron chi connectivity index (χ4n) is 1.73. The minimum absolute atomic E-state index is 0.1000. The Morgan fingerprint density at radius 1 is 1.43 bits per heavy atom. The molecule has 0 N–H and O–H groups in total. The molecule has 0 atom stereocenters. The van der Waals surface area contributed by atoms with Crippen LogP contribution in [0.5, 0.6) is 0 Å². The van der Waals surface area contributed by atoms with Crippen LogP contribution >= 0.6 is 0 Å². The highest BCUT2D eigenvalue weighted by Gasteiger charge is 2.21. The van der Waals surface area contributed by atoms with Crippen molar-refractivity contribution < 1.29 is 14.5 Å². The summed E-state index contributed by atoms with van der Waals surface area (Å²) < 4.78 is 6.56. The lowest BCUT2D eigenvalue weighted by Gasteiger charge is -2.05. The molecule has 0 radical (unpaired) electrons. The van der Waals surface area contributed by atoms with Gasteiger partial charge in [0.15, 0.2) is 12.4 Å². The standard InChI is InChI=1S/C12H13N5O4/c1-2-7-16-11(13-14-15-16)8-21-12(18)9-5-3-4-6-10(9)17(19)20/h3-6H,2,7-8H2,1H3. The highest BCUT2D eigenvalue weighted by molar-refractivity contribution is 5.93. The minimum Gasteiger partial charge on any atom is -0.454 e. The number of esters is 1. The van der Waals surface area contributed by atoms with Crippen LogP contribution in [0.15, 0.2) is 24.3 Å². The van der Waals surface area contributed by atoms with Gasteiger partial charge in [0.2, 0.25) is 0 Å². The summed E-state index contributed by atoms with van der Waals surface area (Å²) in [6.07, 6.45) is 0.830. The van der Waals surface area contributed by atoms with Gasteiger partial charge in [-0.05, 0) is 22.9 Å². The van der Waals surface area contributed by atoms with E-state index in [-0.39, 0.29) is 17.9 Å². The smallest absolute Gasteiger partial charge is 0.345 e. The van der Waals surface area contributed by atoms with E-state index in [9.17, 15) is 14.9 Å². The van der Waals surface area contributed by atoms with Crippen molar-refractivity contribution in [3.8, 4) is 0 Å². The molecule has 0 saturated heterocycles. The quantitative estimate of drug-likeness (QED) is 0.448. The van der Waals surface area contributed by atoms with E-state index in [1.165, 1.54) is 28.9 Å². The van der Waals surface area contributed by atoms with Crippen molar-refractivity contribution in [2.24, 2.45) is 0 Å². The van der Waals surface area contributed by atoms with Crippen molar-refractivity contribution in [3.05, 3.63) is 45.8 Å². The molecule has 2 aromatic rings. The number of hydrogen-bond donors (Lipinski definition) is 0. The van der Waals surface area contributed by atoms with Crippen LogP contribution in [0, 0.1) is 10.1 Å². The van der Waals surface area contributed by atoms with Crippen LogP contribution in [0.2, 0.25) is 0 Å². The van der Waals surface area contributed by atoms with Crippen molar-refractivity contribution in [1.82, 2.24) is 20.2 Å². The lowest BCUT2D eigenvalue weighted by atomic mass is 10.2. The van der Waals surface area contributed by atoms with Gasteiger partial charge in [0.1, 0.15) is 5.56 Å². The predicted octanol–water partition coefficient (Wildman–Crippen LogP) is 1.35. The maximum Gasteiger partial charge on any atom is 0.345 e. The fraction of sp³-hybridized carbons (Fsp3) is 0.333. The third-order valence-corrected chi connectivity index (χ3v) is 2.69. The van der Waals surface area contributed by atoms with E-state index >= 15 is 0 Å². The lowest BCUT2D eigenvalue weighted by molar-refractivity contribution is -0.385. The number of tetrazole rings is 1. The Kier molecular flexibility index (Phi) is 4.54. The van der Waals surface area contributed by atoms with Gasteiger partial charge >= 0.3 is 5.97 Å². The molecular weight excluding hydrogens is 278 g/mol. The second-order valence-corrected chi connectivity index (χ2v) is 4.17. The molecule has 0 fully saturated rings. The number of aromatic nitrogens is 4. The summed E-state index contributed by atoms with van der Waals surface area (Å²) in [4.78, 5) is 22.2. The summed E-state index contributed by atoms with van der Waals surface area (Å²) in [6, 6.07) is 5.61. The highest BCUT2D eigenvalue weighted by Crippen LogP contribution is 2.18. The summed E-state index contributed by atoms with van der Waals surface area (Å²) in [5.41, 5.74) is -0.396. The molecular formula is C12H13N5O4. The number of rotatable bonds is 6. The van der Waals surface area contributed by atoms with Crippen LogP contribution in [0.1, 0.15) is 29.5 Å². The zero-order valence-corrected chi connectivity index (χ0v) is 11.3. The predicted molar refractivity (Wildman–Crippen MR) is 70.3 cm³/mol. The number of carbonyl (C=O) groups excluding carboxylic acids is 1. The maximum absolute atomic E-state index is 11.9. The number of nitro benzene ring substituents is 1. The van der Waals surface area contributed by atoms with Crippen LogP contribution in [-0.2, 0) is 17.9 Å². The number of nitro groups is 1. The molecule has 0 saturated carbocycles. The third kappa shape index (κ3) is 3.38. The molecule has 0 aliphatic carbocycles. The summed E-state index contributed by atoms with van der Waals surface area (Å²) in [6.45, 7) is 2.42. The Balaban J connectivity index is 2.09. The van der Waals surface area contributed by atoms with Crippen LogP contribution in [0.3, 0.4) is 0 Å². The Hall–Kier alpha value is -2.84. The zero-order chi connectivity index (χ0) is 15.2. The van der Waals surface area contributed by atoms with Crippen LogP contribution in [0.25, 0.3) is 0 Å². The number of ether oxygens (including phenoxy) is 1. The summed E-state index contributed by atoms with van der Waals surface area (Å²) >= 11 is 0. The van der Waals surface area contributed by atoms with E-state index in [4.69, 9.17) is 4.74 Å². The van der Waals surface area contributed by atoms with Crippen molar-refractivity contribution >= 4 is 11.7 Å². The van der Waals surface area contributed by atoms with Gasteiger partial charge in [-0.2, -0.15) is 0 Å². The molecule has 110 valence electrons. The Morgan fingerprint density at radius 3 is 2.90 bits per heavy atom. The number of para-hydroxylation sites is 1. The molecule has 21 heavy (non-hydrogen) atoms. The zero-order valence-electron chi connectivity index (χ0n) is 11.3. The van der Waals surface area contributed by atoms with E-state index in [1.54, 1.807) is 0 Å². The molecule has 0 aliphatic rings. The number of carbonyl (C=O) groups is 1. The maximum atomic E-state index is 11.9. The van der Waals surface area contributed by atoms with Gasteiger partial charge in [0, 0.05) is 12.6 Å². The lowest BCUT2D eigenvalue weighted by Crippen LogP contribution is -2.12. The first-order chi connectivity index (χ1) is 10.1. The number of aryl methyl sites for hydroxylation is 1. The molecule has 2 rings (SSSR count). The Morgan fingerprint density at radius 2 is 2.19 bits per heavy atom. The second-order valence-electron chi connectivity index (χ2n) is 4.17. The van der Waals surface area contributed by atoms with Crippen molar-refractivity contribution in [3.63, 3.8) is 0 Å². The van der Waals surface area contributed by atoms with E-state index in [2.05, 4.69) is 15.5 Å². The first-order valence-electron chi connectivity index (χ1n) is 6.29. The van der Waals surface area contributed by atoms with Gasteiger partial charge in [-0.1, -0.05) is 19.1 Å². The molecule has 9 heteroatoms. The first-order valence-corrected chi connectivity index (χ1v) is 6.29. The van der Waals surface area contributed by atoms with Gasteiger partial charge in [-0.15, -0.1) is 5.10 Å². The average molecular weight is 291 g/mol. The topological polar surface area (TPSA) is 113 Å². The highest BCUT2D eigenvalue weighted by atomic mass is 16.6. The normalized spacial score (nSPS) is 10.3. The van der Waals surface area contributed by atoms with Crippen molar-refractivity contribution in [1.29, 1.82) is 0 Å². The van der Waals surface area contributed by atoms with Gasteiger partial charge in [-0.25, -0.2) is 9.48 Å². The number of benzene rings is 1. The van der Waals surface area contributed by atoms with Gasteiger partial charge in [-0.3, -0.25) is 10.1 Å². The van der Waals surface area contributed by atoms with Crippen molar-refractivity contribution in [2.45, 2.75) is 26.5 Å². The minimum atomic E-state index is -0.784. The van der Waals surface area contributed by atoms with E-state index in [0.29, 0.717) is 12.4 Å². The SMILES string of the molecule is CCCn1nnnc1COC(=O)c1ccccc1[N+](=O)[O-]. The van der Waals surface area contributed by atoms with E-state index < -0.39 is 10.9 Å². The number of hydrogen-bond acceptors (Lipinski definition) is 7. The molecule has 1 heterocycles. The second kappa shape index (κ2) is 6.55. The van der Waals surface area contributed by atoms with Gasteiger partial charge in [0.25, 0.3) is 5.69 Å². The molecule has 0 bridgehead atoms. The number of nitrogens with zero attached hydrogens (tertiary/aromatic N) is 5. The molecule has 0 aliphatic heterocycles. The summed E-state index contributed by atoms with van der Waals surface area (Å²) in [7, 11) is 0. The van der Waals surface area contributed by atoms with Gasteiger partial charge in [0.05, 0.1) is 4.92 Å². The van der Waals surface area contributed by atoms with E-state index in [1.807, 2.05) is 6.92 Å². The molecule has 1 aromatic carbocycles. The molecule has 9 nitrogen and oxygen atoms in total. The molecule has 0 unspecified atom stereocenters. The Bertz CT molecular complexity index is 655. The summed E-state index contributed by atoms with van der Waals surface area (Å²) in [5.74, 6) is -0.392. The van der Waals surface area contributed by atoms with Crippen molar-refractivity contribution in [2.75, 3.05) is 0 Å². The van der Waals surface area contributed by atoms with Crippen LogP contribution in [0.4, 0.5) is 5.69 Å². The monoisotopic (exact) mass is 291 g/mol. The van der Waals surface area contributed by atoms with Gasteiger partial charge < -0.3 is 4.74 Å². The molecule has 1 aromatic heterocycles. The molecule has 0 spiro atoms. The first kappa shape index (κ1) is 14.6.